The molecule has 1 aliphatic rings. The number of carbonyl (C=O) groups excluding carboxylic acids is 1. The standard InChI is InChI=1S/C14H17N3O2/c1-9(16-17-14(15)18)13-10(2)19-8-12(13)11-6-4-3-5-7-11/h3-7,12H,8H2,1-2H3,(H3,15,17,18)/b16-9+. The van der Waals surface area contributed by atoms with Crippen molar-refractivity contribution in [1.29, 1.82) is 0 Å². The largest absolute Gasteiger partial charge is 0.497 e. The molecule has 19 heavy (non-hydrogen) atoms. The summed E-state index contributed by atoms with van der Waals surface area (Å²) < 4.78 is 5.62. The molecule has 2 rings (SSSR count). The Balaban J connectivity index is 2.28. The summed E-state index contributed by atoms with van der Waals surface area (Å²) in [4.78, 5) is 10.7. The molecule has 2 amide bonds. The van der Waals surface area contributed by atoms with Gasteiger partial charge in [0.2, 0.25) is 0 Å². The van der Waals surface area contributed by atoms with E-state index in [1.165, 1.54) is 5.56 Å². The molecule has 0 aromatic heterocycles. The number of urea groups is 1. The van der Waals surface area contributed by atoms with Crippen molar-refractivity contribution < 1.29 is 9.53 Å². The maximum absolute atomic E-state index is 10.7. The molecule has 100 valence electrons. The molecule has 0 spiro atoms. The fourth-order valence-corrected chi connectivity index (χ4v) is 2.27. The van der Waals surface area contributed by atoms with Crippen molar-refractivity contribution in [1.82, 2.24) is 5.43 Å². The fourth-order valence-electron chi connectivity index (χ4n) is 2.27. The number of hydrogen-bond donors (Lipinski definition) is 2. The highest BCUT2D eigenvalue weighted by atomic mass is 16.5. The Hall–Kier alpha value is -2.30. The summed E-state index contributed by atoms with van der Waals surface area (Å²) in [5.41, 5.74) is 10.1. The van der Waals surface area contributed by atoms with E-state index in [0.717, 1.165) is 11.3 Å². The van der Waals surface area contributed by atoms with Gasteiger partial charge in [-0.25, -0.2) is 10.2 Å². The van der Waals surface area contributed by atoms with Gasteiger partial charge >= 0.3 is 6.03 Å². The number of carbonyl (C=O) groups is 1. The van der Waals surface area contributed by atoms with Gasteiger partial charge in [-0.15, -0.1) is 0 Å². The third-order valence-corrected chi connectivity index (χ3v) is 3.12. The number of nitrogens with two attached hydrogens (primary N) is 1. The van der Waals surface area contributed by atoms with Crippen LogP contribution >= 0.6 is 0 Å². The fraction of sp³-hybridized carbons (Fsp3) is 0.286. The van der Waals surface area contributed by atoms with Crippen LogP contribution in [0.25, 0.3) is 0 Å². The highest BCUT2D eigenvalue weighted by molar-refractivity contribution is 6.00. The SMILES string of the molecule is CC1=C(/C(C)=N/NC(N)=O)C(c2ccccc2)CO1. The summed E-state index contributed by atoms with van der Waals surface area (Å²) in [5.74, 6) is 0.973. The Morgan fingerprint density at radius 3 is 2.74 bits per heavy atom. The van der Waals surface area contributed by atoms with Crippen LogP contribution in [0.15, 0.2) is 46.8 Å². The molecule has 5 heteroatoms. The zero-order chi connectivity index (χ0) is 13.8. The molecule has 0 saturated carbocycles. The van der Waals surface area contributed by atoms with Crippen molar-refractivity contribution in [2.75, 3.05) is 6.61 Å². The topological polar surface area (TPSA) is 76.7 Å². The molecule has 3 N–H and O–H groups in total. The number of rotatable bonds is 3. The first-order valence-corrected chi connectivity index (χ1v) is 6.08. The first kappa shape index (κ1) is 13.1. The number of benzene rings is 1. The molecule has 0 saturated heterocycles. The zero-order valence-electron chi connectivity index (χ0n) is 11.0. The smallest absolute Gasteiger partial charge is 0.332 e. The number of nitrogens with one attached hydrogen (secondary N) is 1. The minimum atomic E-state index is -0.673. The number of hydrazone groups is 1. The average Bonchev–Trinajstić information content (AvgIpc) is 2.79. The van der Waals surface area contributed by atoms with Crippen LogP contribution < -0.4 is 11.2 Å². The van der Waals surface area contributed by atoms with Crippen LogP contribution in [0.5, 0.6) is 0 Å². The van der Waals surface area contributed by atoms with Crippen molar-refractivity contribution in [2.45, 2.75) is 19.8 Å². The number of allylic oxidation sites excluding steroid dienone is 1. The number of hydrogen-bond acceptors (Lipinski definition) is 3. The van der Waals surface area contributed by atoms with Gasteiger partial charge in [-0.2, -0.15) is 5.10 Å². The summed E-state index contributed by atoms with van der Waals surface area (Å²) in [6.07, 6.45) is 0. The summed E-state index contributed by atoms with van der Waals surface area (Å²) in [5, 5.41) is 3.99. The van der Waals surface area contributed by atoms with E-state index in [9.17, 15) is 4.79 Å². The lowest BCUT2D eigenvalue weighted by Gasteiger charge is -2.13. The second kappa shape index (κ2) is 5.56. The lowest BCUT2D eigenvalue weighted by molar-refractivity contribution is 0.237. The molecule has 1 heterocycles. The van der Waals surface area contributed by atoms with Crippen LogP contribution in [0.2, 0.25) is 0 Å². The van der Waals surface area contributed by atoms with Gasteiger partial charge in [0.05, 0.1) is 18.1 Å². The second-order valence-corrected chi connectivity index (χ2v) is 4.42. The Morgan fingerprint density at radius 2 is 2.11 bits per heavy atom. The van der Waals surface area contributed by atoms with E-state index in [4.69, 9.17) is 10.5 Å². The molecule has 1 unspecified atom stereocenters. The normalized spacial score (nSPS) is 19.3. The molecule has 5 nitrogen and oxygen atoms in total. The van der Waals surface area contributed by atoms with Crippen molar-refractivity contribution in [3.05, 3.63) is 47.2 Å². The molecular formula is C14H17N3O2. The van der Waals surface area contributed by atoms with E-state index >= 15 is 0 Å². The zero-order valence-corrected chi connectivity index (χ0v) is 11.0. The first-order chi connectivity index (χ1) is 9.09. The molecule has 0 radical (unpaired) electrons. The van der Waals surface area contributed by atoms with Gasteiger partial charge in [-0.3, -0.25) is 0 Å². The quantitative estimate of drug-likeness (QED) is 0.644. The van der Waals surface area contributed by atoms with E-state index < -0.39 is 6.03 Å². The Kier molecular flexibility index (Phi) is 3.85. The van der Waals surface area contributed by atoms with Crippen molar-refractivity contribution >= 4 is 11.7 Å². The number of primary amides is 1. The third kappa shape index (κ3) is 2.93. The predicted molar refractivity (Wildman–Crippen MR) is 73.7 cm³/mol. The summed E-state index contributed by atoms with van der Waals surface area (Å²) in [7, 11) is 0. The average molecular weight is 259 g/mol. The minimum Gasteiger partial charge on any atom is -0.497 e. The Bertz CT molecular complexity index is 535. The highest BCUT2D eigenvalue weighted by Crippen LogP contribution is 2.34. The summed E-state index contributed by atoms with van der Waals surface area (Å²) >= 11 is 0. The van der Waals surface area contributed by atoms with Crippen molar-refractivity contribution in [3.8, 4) is 0 Å². The Morgan fingerprint density at radius 1 is 1.42 bits per heavy atom. The molecule has 1 atom stereocenters. The van der Waals surface area contributed by atoms with Gasteiger partial charge in [0.25, 0.3) is 0 Å². The lowest BCUT2D eigenvalue weighted by atomic mass is 9.90. The van der Waals surface area contributed by atoms with Crippen LogP contribution in [0.4, 0.5) is 4.79 Å². The Labute approximate surface area is 112 Å². The van der Waals surface area contributed by atoms with E-state index in [2.05, 4.69) is 22.7 Å². The van der Waals surface area contributed by atoms with Crippen molar-refractivity contribution in [2.24, 2.45) is 10.8 Å². The lowest BCUT2D eigenvalue weighted by Crippen LogP contribution is -2.26. The van der Waals surface area contributed by atoms with Crippen LogP contribution in [-0.2, 0) is 4.74 Å². The van der Waals surface area contributed by atoms with E-state index in [0.29, 0.717) is 12.3 Å². The number of amides is 2. The van der Waals surface area contributed by atoms with Gasteiger partial charge in [0.1, 0.15) is 0 Å². The second-order valence-electron chi connectivity index (χ2n) is 4.42. The maximum atomic E-state index is 10.7. The van der Waals surface area contributed by atoms with Crippen LogP contribution in [-0.4, -0.2) is 18.3 Å². The maximum Gasteiger partial charge on any atom is 0.332 e. The molecule has 1 aromatic carbocycles. The third-order valence-electron chi connectivity index (χ3n) is 3.12. The van der Waals surface area contributed by atoms with Gasteiger partial charge in [-0.05, 0) is 19.4 Å². The number of nitrogens with zero attached hydrogens (tertiary/aromatic N) is 1. The van der Waals surface area contributed by atoms with Crippen molar-refractivity contribution in [3.63, 3.8) is 0 Å². The minimum absolute atomic E-state index is 0.139. The van der Waals surface area contributed by atoms with E-state index in [1.807, 2.05) is 32.0 Å². The molecule has 1 aliphatic heterocycles. The first-order valence-electron chi connectivity index (χ1n) is 6.08. The van der Waals surface area contributed by atoms with Gasteiger partial charge in [0, 0.05) is 11.5 Å². The van der Waals surface area contributed by atoms with Crippen LogP contribution in [0.3, 0.4) is 0 Å². The predicted octanol–water partition coefficient (Wildman–Crippen LogP) is 2.12. The van der Waals surface area contributed by atoms with Gasteiger partial charge < -0.3 is 10.5 Å². The van der Waals surface area contributed by atoms with E-state index in [-0.39, 0.29) is 5.92 Å². The van der Waals surface area contributed by atoms with Gasteiger partial charge in [-0.1, -0.05) is 30.3 Å². The molecular weight excluding hydrogens is 242 g/mol. The molecule has 0 bridgehead atoms. The van der Waals surface area contributed by atoms with Crippen LogP contribution in [0.1, 0.15) is 25.3 Å². The number of ether oxygens (including phenoxy) is 1. The monoisotopic (exact) mass is 259 g/mol. The highest BCUT2D eigenvalue weighted by Gasteiger charge is 2.28. The summed E-state index contributed by atoms with van der Waals surface area (Å²) in [6, 6.07) is 9.41. The summed E-state index contributed by atoms with van der Waals surface area (Å²) in [6.45, 7) is 4.33. The van der Waals surface area contributed by atoms with E-state index in [1.54, 1.807) is 0 Å². The van der Waals surface area contributed by atoms with Crippen LogP contribution in [0, 0.1) is 0 Å². The van der Waals surface area contributed by atoms with Gasteiger partial charge in [0.15, 0.2) is 0 Å². The molecule has 0 aliphatic carbocycles. The molecule has 1 aromatic rings. The molecule has 0 fully saturated rings.